The minimum atomic E-state index is -0.811. The number of hydrogen-bond donors (Lipinski definition) is 0. The number of allylic oxidation sites excluding steroid dienone is 4. The molecule has 0 bridgehead atoms. The standard InChI is InChI=1S/C31H31F3/c1-3-5-7-25-16-19-28(31(34)30(25)33)24-14-12-22(13-15-24)26-17-18-27(29(32)20-26)23-10-8-21(6-4-2)9-11-23/h4,6,10,12-21H,3,5,7-9,11H2,1-2H3. The Balaban J connectivity index is 1.54. The average molecular weight is 461 g/mol. The largest absolute Gasteiger partial charge is 0.206 e. The number of hydrogen-bond acceptors (Lipinski definition) is 0. The highest BCUT2D eigenvalue weighted by molar-refractivity contribution is 5.74. The van der Waals surface area contributed by atoms with Crippen LogP contribution in [-0.4, -0.2) is 0 Å². The quantitative estimate of drug-likeness (QED) is 0.308. The summed E-state index contributed by atoms with van der Waals surface area (Å²) in [6.45, 7) is 4.06. The number of rotatable bonds is 7. The molecule has 1 atom stereocenters. The molecule has 0 heterocycles. The van der Waals surface area contributed by atoms with Crippen LogP contribution >= 0.6 is 0 Å². The number of halogens is 3. The summed E-state index contributed by atoms with van der Waals surface area (Å²) in [6, 6.07) is 15.8. The zero-order valence-electron chi connectivity index (χ0n) is 19.9. The molecule has 3 aromatic carbocycles. The van der Waals surface area contributed by atoms with Crippen LogP contribution in [0.25, 0.3) is 27.8 Å². The smallest absolute Gasteiger partial charge is 0.166 e. The molecular formula is C31H31F3. The second-order valence-corrected chi connectivity index (χ2v) is 9.07. The highest BCUT2D eigenvalue weighted by Crippen LogP contribution is 2.34. The molecule has 3 aromatic rings. The molecule has 3 heteroatoms. The van der Waals surface area contributed by atoms with Crippen molar-refractivity contribution in [1.29, 1.82) is 0 Å². The Morgan fingerprint density at radius 2 is 1.56 bits per heavy atom. The van der Waals surface area contributed by atoms with Crippen molar-refractivity contribution in [2.24, 2.45) is 5.92 Å². The minimum Gasteiger partial charge on any atom is -0.206 e. The van der Waals surface area contributed by atoms with E-state index in [1.165, 1.54) is 0 Å². The average Bonchev–Trinajstić information content (AvgIpc) is 2.86. The lowest BCUT2D eigenvalue weighted by Gasteiger charge is -2.20. The van der Waals surface area contributed by atoms with Gasteiger partial charge in [0.15, 0.2) is 11.6 Å². The van der Waals surface area contributed by atoms with Gasteiger partial charge in [0.1, 0.15) is 5.82 Å². The highest BCUT2D eigenvalue weighted by Gasteiger charge is 2.17. The zero-order chi connectivity index (χ0) is 24.1. The van der Waals surface area contributed by atoms with Crippen molar-refractivity contribution < 1.29 is 13.2 Å². The van der Waals surface area contributed by atoms with Gasteiger partial charge in [-0.2, -0.15) is 0 Å². The second-order valence-electron chi connectivity index (χ2n) is 9.07. The SMILES string of the molecule is CC=CC1CC=C(c2ccc(-c3ccc(-c4ccc(CCCC)c(F)c4F)cc3)cc2F)CC1. The van der Waals surface area contributed by atoms with Crippen molar-refractivity contribution in [3.63, 3.8) is 0 Å². The Morgan fingerprint density at radius 1 is 0.853 bits per heavy atom. The first-order chi connectivity index (χ1) is 16.5. The lowest BCUT2D eigenvalue weighted by molar-refractivity contribution is 0.499. The molecule has 4 rings (SSSR count). The van der Waals surface area contributed by atoms with E-state index < -0.39 is 11.6 Å². The summed E-state index contributed by atoms with van der Waals surface area (Å²) in [6.07, 6.45) is 11.6. The molecular weight excluding hydrogens is 429 g/mol. The fourth-order valence-electron chi connectivity index (χ4n) is 4.72. The monoisotopic (exact) mass is 460 g/mol. The van der Waals surface area contributed by atoms with Crippen LogP contribution in [0.15, 0.2) is 72.8 Å². The second kappa shape index (κ2) is 10.9. The first-order valence-electron chi connectivity index (χ1n) is 12.2. The first-order valence-corrected chi connectivity index (χ1v) is 12.2. The molecule has 0 N–H and O–H groups in total. The number of aryl methyl sites for hydroxylation is 1. The van der Waals surface area contributed by atoms with Gasteiger partial charge in [-0.3, -0.25) is 0 Å². The van der Waals surface area contributed by atoms with Gasteiger partial charge in [0.05, 0.1) is 0 Å². The van der Waals surface area contributed by atoms with Gasteiger partial charge in [-0.15, -0.1) is 0 Å². The summed E-state index contributed by atoms with van der Waals surface area (Å²) in [5.41, 5.74) is 4.59. The fraction of sp³-hybridized carbons (Fsp3) is 0.290. The van der Waals surface area contributed by atoms with Crippen LogP contribution in [-0.2, 0) is 6.42 Å². The van der Waals surface area contributed by atoms with Crippen LogP contribution in [0.3, 0.4) is 0 Å². The molecule has 0 amide bonds. The minimum absolute atomic E-state index is 0.229. The first kappa shape index (κ1) is 24.1. The molecule has 0 spiro atoms. The van der Waals surface area contributed by atoms with Crippen LogP contribution < -0.4 is 0 Å². The summed E-state index contributed by atoms with van der Waals surface area (Å²) in [4.78, 5) is 0. The summed E-state index contributed by atoms with van der Waals surface area (Å²) in [5, 5.41) is 0. The Kier molecular flexibility index (Phi) is 7.72. The van der Waals surface area contributed by atoms with Crippen molar-refractivity contribution in [3.8, 4) is 22.3 Å². The normalized spacial score (nSPS) is 16.1. The van der Waals surface area contributed by atoms with Crippen LogP contribution in [0.2, 0.25) is 0 Å². The molecule has 0 fully saturated rings. The Labute approximate surface area is 200 Å². The van der Waals surface area contributed by atoms with Crippen molar-refractivity contribution in [3.05, 3.63) is 101 Å². The van der Waals surface area contributed by atoms with Gasteiger partial charge in [0, 0.05) is 11.1 Å². The van der Waals surface area contributed by atoms with Gasteiger partial charge in [0.2, 0.25) is 0 Å². The van der Waals surface area contributed by atoms with E-state index in [-0.39, 0.29) is 11.4 Å². The predicted molar refractivity (Wildman–Crippen MR) is 136 cm³/mol. The third kappa shape index (κ3) is 5.19. The van der Waals surface area contributed by atoms with Gasteiger partial charge in [-0.1, -0.05) is 80.1 Å². The third-order valence-electron chi connectivity index (χ3n) is 6.72. The number of benzene rings is 3. The van der Waals surface area contributed by atoms with Crippen LogP contribution in [0, 0.1) is 23.4 Å². The number of unbranched alkanes of at least 4 members (excludes halogenated alkanes) is 1. The molecule has 1 unspecified atom stereocenters. The maximum absolute atomic E-state index is 15.0. The van der Waals surface area contributed by atoms with Crippen LogP contribution in [0.1, 0.15) is 57.1 Å². The molecule has 0 saturated heterocycles. The molecule has 0 aromatic heterocycles. The molecule has 34 heavy (non-hydrogen) atoms. The van der Waals surface area contributed by atoms with Gasteiger partial charge in [-0.05, 0) is 78.8 Å². The van der Waals surface area contributed by atoms with E-state index in [1.54, 1.807) is 30.3 Å². The van der Waals surface area contributed by atoms with Crippen LogP contribution in [0.5, 0.6) is 0 Å². The summed E-state index contributed by atoms with van der Waals surface area (Å²) < 4.78 is 44.2. The molecule has 0 radical (unpaired) electrons. The zero-order valence-corrected chi connectivity index (χ0v) is 19.9. The van der Waals surface area contributed by atoms with Crippen molar-refractivity contribution >= 4 is 5.57 Å². The summed E-state index contributed by atoms with van der Waals surface area (Å²) in [5.74, 6) is -1.26. The van der Waals surface area contributed by atoms with E-state index in [4.69, 9.17) is 0 Å². The van der Waals surface area contributed by atoms with Gasteiger partial charge >= 0.3 is 0 Å². The van der Waals surface area contributed by atoms with Gasteiger partial charge < -0.3 is 0 Å². The maximum Gasteiger partial charge on any atom is 0.166 e. The van der Waals surface area contributed by atoms with E-state index in [9.17, 15) is 13.2 Å². The Morgan fingerprint density at radius 3 is 2.21 bits per heavy atom. The Bertz CT molecular complexity index is 1200. The molecule has 176 valence electrons. The van der Waals surface area contributed by atoms with Gasteiger partial charge in [0.25, 0.3) is 0 Å². The van der Waals surface area contributed by atoms with E-state index in [2.05, 4.69) is 18.2 Å². The van der Waals surface area contributed by atoms with Crippen LogP contribution in [0.4, 0.5) is 13.2 Å². The lowest BCUT2D eigenvalue weighted by Crippen LogP contribution is -2.03. The topological polar surface area (TPSA) is 0 Å². The summed E-state index contributed by atoms with van der Waals surface area (Å²) >= 11 is 0. The molecule has 1 aliphatic carbocycles. The molecule has 0 nitrogen and oxygen atoms in total. The summed E-state index contributed by atoms with van der Waals surface area (Å²) in [7, 11) is 0. The fourth-order valence-corrected chi connectivity index (χ4v) is 4.72. The third-order valence-corrected chi connectivity index (χ3v) is 6.72. The molecule has 1 aliphatic rings. The molecule has 0 saturated carbocycles. The maximum atomic E-state index is 15.0. The Hall–Kier alpha value is -3.07. The highest BCUT2D eigenvalue weighted by atomic mass is 19.2. The lowest BCUT2D eigenvalue weighted by atomic mass is 9.86. The van der Waals surface area contributed by atoms with E-state index in [0.29, 0.717) is 29.0 Å². The van der Waals surface area contributed by atoms with E-state index in [1.807, 2.05) is 38.1 Å². The predicted octanol–water partition coefficient (Wildman–Crippen LogP) is 9.54. The van der Waals surface area contributed by atoms with E-state index in [0.717, 1.165) is 48.8 Å². The van der Waals surface area contributed by atoms with E-state index >= 15 is 0 Å². The van der Waals surface area contributed by atoms with Crippen molar-refractivity contribution in [2.75, 3.05) is 0 Å². The van der Waals surface area contributed by atoms with Crippen molar-refractivity contribution in [1.82, 2.24) is 0 Å². The molecule has 0 aliphatic heterocycles. The van der Waals surface area contributed by atoms with Crippen molar-refractivity contribution in [2.45, 2.75) is 52.4 Å². The van der Waals surface area contributed by atoms with Gasteiger partial charge in [-0.25, -0.2) is 13.2 Å².